The van der Waals surface area contributed by atoms with Crippen LogP contribution in [0.5, 0.6) is 0 Å². The van der Waals surface area contributed by atoms with Gasteiger partial charge in [0.1, 0.15) is 0 Å². The van der Waals surface area contributed by atoms with Crippen LogP contribution in [0.2, 0.25) is 0 Å². The van der Waals surface area contributed by atoms with Gasteiger partial charge in [0.25, 0.3) is 5.56 Å². The molecule has 0 fully saturated rings. The fraction of sp³-hybridized carbons (Fsp3) is 0.429. The van der Waals surface area contributed by atoms with Crippen LogP contribution in [-0.4, -0.2) is 48.8 Å². The molecule has 9 nitrogen and oxygen atoms in total. The lowest BCUT2D eigenvalue weighted by molar-refractivity contribution is -0.128. The summed E-state index contributed by atoms with van der Waals surface area (Å²) in [6, 6.07) is 11.4. The molecule has 0 radical (unpaired) electrons. The van der Waals surface area contributed by atoms with E-state index in [0.717, 1.165) is 12.8 Å². The minimum Gasteiger partial charge on any atom is -0.340 e. The predicted octanol–water partition coefficient (Wildman–Crippen LogP) is 2.59. The molecule has 0 aliphatic rings. The average Bonchev–Trinajstić information content (AvgIpc) is 3.21. The number of thioether (sulfide) groups is 1. The van der Waals surface area contributed by atoms with E-state index in [1.54, 1.807) is 10.6 Å². The second-order valence-corrected chi connectivity index (χ2v) is 7.87. The van der Waals surface area contributed by atoms with E-state index in [2.05, 4.69) is 17.1 Å². The number of rotatable bonds is 10. The van der Waals surface area contributed by atoms with Gasteiger partial charge in [0.15, 0.2) is 5.16 Å². The zero-order valence-corrected chi connectivity index (χ0v) is 18.1. The summed E-state index contributed by atoms with van der Waals surface area (Å²) < 4.78 is 3.45. The largest absolute Gasteiger partial charge is 0.340 e. The highest BCUT2D eigenvalue weighted by Gasteiger charge is 2.19. The van der Waals surface area contributed by atoms with Crippen molar-refractivity contribution in [3.63, 3.8) is 0 Å². The smallest absolute Gasteiger partial charge is 0.262 e. The fourth-order valence-corrected chi connectivity index (χ4v) is 4.14. The molecule has 160 valence electrons. The van der Waals surface area contributed by atoms with Gasteiger partial charge in [0.2, 0.25) is 11.7 Å². The number of hydrogen-bond acceptors (Lipinski definition) is 7. The fourth-order valence-electron chi connectivity index (χ4n) is 3.29. The maximum atomic E-state index is 13.0. The molecule has 3 aromatic rings. The van der Waals surface area contributed by atoms with E-state index >= 15 is 0 Å². The Morgan fingerprint density at radius 2 is 1.87 bits per heavy atom. The van der Waals surface area contributed by atoms with Crippen molar-refractivity contribution >= 4 is 34.3 Å². The Hall–Kier alpha value is -3.37. The topological polar surface area (TPSA) is 120 Å². The number of carbonyl (C=O) groups excluding carboxylic acids is 1. The lowest BCUT2D eigenvalue weighted by Gasteiger charge is -2.19. The van der Waals surface area contributed by atoms with Crippen LogP contribution < -0.4 is 5.56 Å². The number of amides is 1. The van der Waals surface area contributed by atoms with Crippen LogP contribution in [0.1, 0.15) is 32.6 Å². The SMILES string of the molecule is CCCCn1c(=O)c2ccccc2n2c(SCC(=O)N(CCC#N)CCC#N)nnc12. The van der Waals surface area contributed by atoms with E-state index in [4.69, 9.17) is 10.5 Å². The number of nitriles is 2. The van der Waals surface area contributed by atoms with Crippen molar-refractivity contribution in [2.24, 2.45) is 0 Å². The van der Waals surface area contributed by atoms with E-state index in [1.165, 1.54) is 16.7 Å². The van der Waals surface area contributed by atoms with Crippen molar-refractivity contribution in [1.29, 1.82) is 10.5 Å². The Morgan fingerprint density at radius 1 is 1.16 bits per heavy atom. The molecular formula is C21H23N7O2S. The van der Waals surface area contributed by atoms with E-state index in [0.29, 0.717) is 28.4 Å². The summed E-state index contributed by atoms with van der Waals surface area (Å²) in [6.45, 7) is 3.18. The normalized spacial score (nSPS) is 10.8. The highest BCUT2D eigenvalue weighted by atomic mass is 32.2. The first-order valence-corrected chi connectivity index (χ1v) is 11.1. The summed E-state index contributed by atoms with van der Waals surface area (Å²) in [7, 11) is 0. The van der Waals surface area contributed by atoms with Gasteiger partial charge in [0, 0.05) is 19.6 Å². The van der Waals surface area contributed by atoms with Crippen molar-refractivity contribution < 1.29 is 4.79 Å². The van der Waals surface area contributed by atoms with Gasteiger partial charge in [-0.15, -0.1) is 10.2 Å². The van der Waals surface area contributed by atoms with Crippen LogP contribution in [0.25, 0.3) is 16.7 Å². The Bertz CT molecular complexity index is 1200. The van der Waals surface area contributed by atoms with Crippen LogP contribution in [-0.2, 0) is 11.3 Å². The van der Waals surface area contributed by atoms with Gasteiger partial charge < -0.3 is 4.90 Å². The lowest BCUT2D eigenvalue weighted by Crippen LogP contribution is -2.34. The minimum atomic E-state index is -0.170. The quantitative estimate of drug-likeness (QED) is 0.447. The van der Waals surface area contributed by atoms with E-state index in [-0.39, 0.29) is 43.2 Å². The summed E-state index contributed by atoms with van der Waals surface area (Å²) in [5.74, 6) is 0.383. The molecule has 0 aliphatic heterocycles. The van der Waals surface area contributed by atoms with E-state index in [1.807, 2.05) is 34.7 Å². The summed E-state index contributed by atoms with van der Waals surface area (Å²) >= 11 is 1.23. The zero-order valence-electron chi connectivity index (χ0n) is 17.3. The van der Waals surface area contributed by atoms with Crippen molar-refractivity contribution in [2.75, 3.05) is 18.8 Å². The molecule has 3 rings (SSSR count). The monoisotopic (exact) mass is 437 g/mol. The summed E-state index contributed by atoms with van der Waals surface area (Å²) in [5, 5.41) is 27.2. The number of unbranched alkanes of at least 4 members (excludes halogenated alkanes) is 1. The molecule has 10 heteroatoms. The molecule has 0 spiro atoms. The summed E-state index contributed by atoms with van der Waals surface area (Å²) in [5.41, 5.74) is 0.594. The van der Waals surface area contributed by atoms with Gasteiger partial charge in [-0.1, -0.05) is 37.2 Å². The first-order valence-electron chi connectivity index (χ1n) is 10.1. The first-order chi connectivity index (χ1) is 15.1. The molecule has 0 bridgehead atoms. The molecule has 0 N–H and O–H groups in total. The molecule has 0 unspecified atom stereocenters. The van der Waals surface area contributed by atoms with E-state index in [9.17, 15) is 9.59 Å². The van der Waals surface area contributed by atoms with Crippen LogP contribution >= 0.6 is 11.8 Å². The van der Waals surface area contributed by atoms with Gasteiger partial charge in [-0.25, -0.2) is 0 Å². The molecule has 0 atom stereocenters. The van der Waals surface area contributed by atoms with Crippen LogP contribution in [0.15, 0.2) is 34.2 Å². The van der Waals surface area contributed by atoms with Crippen molar-refractivity contribution in [3.05, 3.63) is 34.6 Å². The molecule has 31 heavy (non-hydrogen) atoms. The predicted molar refractivity (Wildman–Crippen MR) is 117 cm³/mol. The number of benzene rings is 1. The molecule has 1 amide bonds. The van der Waals surface area contributed by atoms with Gasteiger partial charge >= 0.3 is 0 Å². The molecule has 2 aromatic heterocycles. The third-order valence-electron chi connectivity index (χ3n) is 4.88. The zero-order chi connectivity index (χ0) is 22.2. The third kappa shape index (κ3) is 4.86. The molecule has 0 aliphatic carbocycles. The second kappa shape index (κ2) is 10.6. The van der Waals surface area contributed by atoms with Crippen LogP contribution in [0.3, 0.4) is 0 Å². The van der Waals surface area contributed by atoms with Crippen molar-refractivity contribution in [2.45, 2.75) is 44.3 Å². The maximum Gasteiger partial charge on any atom is 0.262 e. The maximum absolute atomic E-state index is 13.0. The molecule has 1 aromatic carbocycles. The average molecular weight is 438 g/mol. The van der Waals surface area contributed by atoms with Crippen LogP contribution in [0, 0.1) is 22.7 Å². The second-order valence-electron chi connectivity index (χ2n) is 6.93. The van der Waals surface area contributed by atoms with Gasteiger partial charge in [-0.2, -0.15) is 10.5 Å². The summed E-state index contributed by atoms with van der Waals surface area (Å²) in [6.07, 6.45) is 2.21. The Balaban J connectivity index is 1.94. The number of hydrogen-bond donors (Lipinski definition) is 0. The van der Waals surface area contributed by atoms with Gasteiger partial charge in [-0.05, 0) is 18.6 Å². The molecule has 0 saturated carbocycles. The number of fused-ring (bicyclic) bond motifs is 3. The molecule has 0 saturated heterocycles. The highest BCUT2D eigenvalue weighted by molar-refractivity contribution is 7.99. The minimum absolute atomic E-state index is 0.0973. The Labute approximate surface area is 183 Å². The lowest BCUT2D eigenvalue weighted by atomic mass is 10.2. The third-order valence-corrected chi connectivity index (χ3v) is 5.79. The number of aryl methyl sites for hydroxylation is 1. The van der Waals surface area contributed by atoms with Crippen LogP contribution in [0.4, 0.5) is 0 Å². The number of nitrogens with zero attached hydrogens (tertiary/aromatic N) is 7. The highest BCUT2D eigenvalue weighted by Crippen LogP contribution is 2.22. The van der Waals surface area contributed by atoms with E-state index < -0.39 is 0 Å². The van der Waals surface area contributed by atoms with Gasteiger partial charge in [-0.3, -0.25) is 18.6 Å². The number of para-hydroxylation sites is 1. The van der Waals surface area contributed by atoms with Crippen molar-refractivity contribution in [1.82, 2.24) is 24.1 Å². The van der Waals surface area contributed by atoms with Gasteiger partial charge in [0.05, 0.1) is 41.6 Å². The van der Waals surface area contributed by atoms with Crippen molar-refractivity contribution in [3.8, 4) is 12.1 Å². The Kier molecular flexibility index (Phi) is 7.63. The molecular weight excluding hydrogens is 414 g/mol. The number of aromatic nitrogens is 4. The first kappa shape index (κ1) is 22.3. The summed E-state index contributed by atoms with van der Waals surface area (Å²) in [4.78, 5) is 27.2. The Morgan fingerprint density at radius 3 is 2.55 bits per heavy atom. The standard InChI is InChI=1S/C21H23N7O2S/c1-2-3-14-27-19(30)16-8-4-5-9-17(16)28-20(27)24-25-21(28)31-15-18(29)26(12-6-10-22)13-7-11-23/h4-5,8-9H,2-3,6-7,12-15H2,1H3. The molecule has 2 heterocycles. The number of carbonyl (C=O) groups is 1.